The molecule has 1 amide bonds. The Morgan fingerprint density at radius 3 is 2.35 bits per heavy atom. The molecule has 34 heavy (non-hydrogen) atoms. The average Bonchev–Trinajstić information content (AvgIpc) is 2.86. The van der Waals surface area contributed by atoms with Crippen LogP contribution in [-0.2, 0) is 17.9 Å². The van der Waals surface area contributed by atoms with E-state index >= 15 is 0 Å². The molecule has 1 N–H and O–H groups in total. The largest absolute Gasteiger partial charge is 0.497 e. The Balaban J connectivity index is 1.72. The van der Waals surface area contributed by atoms with Gasteiger partial charge in [-0.15, -0.1) is 0 Å². The van der Waals surface area contributed by atoms with E-state index in [9.17, 15) is 10.1 Å². The molecule has 0 atom stereocenters. The standard InChI is InChI=1S/C26H22ClIN2O4/c1-32-22-9-5-17(6-10-22)15-30-26(31)20(14-29)11-19-12-23(27)25(24(13-19)33-2)34-16-18-3-7-21(28)8-4-18/h3-13H,15-16H2,1-2H3,(H,30,31)/b20-11-. The Labute approximate surface area is 217 Å². The number of benzene rings is 3. The quantitative estimate of drug-likeness (QED) is 0.195. The van der Waals surface area contributed by atoms with Gasteiger partial charge in [-0.25, -0.2) is 0 Å². The van der Waals surface area contributed by atoms with E-state index in [-0.39, 0.29) is 12.1 Å². The molecule has 0 bridgehead atoms. The summed E-state index contributed by atoms with van der Waals surface area (Å²) in [5, 5.41) is 12.6. The molecule has 0 saturated carbocycles. The molecule has 0 fully saturated rings. The zero-order valence-corrected chi connectivity index (χ0v) is 21.5. The molecule has 3 aromatic carbocycles. The maximum atomic E-state index is 12.5. The first kappa shape index (κ1) is 25.4. The molecule has 0 aliphatic rings. The lowest BCUT2D eigenvalue weighted by atomic mass is 10.1. The predicted octanol–water partition coefficient (Wildman–Crippen LogP) is 5.76. The predicted molar refractivity (Wildman–Crippen MR) is 140 cm³/mol. The van der Waals surface area contributed by atoms with Gasteiger partial charge in [0.1, 0.15) is 24.0 Å². The Bertz CT molecular complexity index is 1220. The third-order valence-electron chi connectivity index (χ3n) is 4.84. The van der Waals surface area contributed by atoms with Crippen LogP contribution < -0.4 is 19.5 Å². The number of hydrogen-bond acceptors (Lipinski definition) is 5. The van der Waals surface area contributed by atoms with Crippen LogP contribution in [0.1, 0.15) is 16.7 Å². The summed E-state index contributed by atoms with van der Waals surface area (Å²) in [7, 11) is 3.09. The van der Waals surface area contributed by atoms with Gasteiger partial charge in [0, 0.05) is 10.1 Å². The molecule has 0 radical (unpaired) electrons. The van der Waals surface area contributed by atoms with Crippen molar-refractivity contribution < 1.29 is 19.0 Å². The highest BCUT2D eigenvalue weighted by Gasteiger charge is 2.14. The zero-order chi connectivity index (χ0) is 24.5. The highest BCUT2D eigenvalue weighted by Crippen LogP contribution is 2.37. The van der Waals surface area contributed by atoms with Crippen LogP contribution in [0, 0.1) is 14.9 Å². The van der Waals surface area contributed by atoms with Crippen LogP contribution in [0.4, 0.5) is 0 Å². The van der Waals surface area contributed by atoms with E-state index < -0.39 is 5.91 Å². The maximum absolute atomic E-state index is 12.5. The second kappa shape index (κ2) is 12.3. The van der Waals surface area contributed by atoms with Crippen molar-refractivity contribution >= 4 is 46.2 Å². The molecule has 0 unspecified atom stereocenters. The SMILES string of the molecule is COc1ccc(CNC(=O)/C(C#N)=C\c2cc(Cl)c(OCc3ccc(I)cc3)c(OC)c2)cc1. The number of halogens is 2. The van der Waals surface area contributed by atoms with Gasteiger partial charge in [0.25, 0.3) is 5.91 Å². The first-order valence-electron chi connectivity index (χ1n) is 10.2. The van der Waals surface area contributed by atoms with Gasteiger partial charge in [-0.05, 0) is 81.8 Å². The Morgan fingerprint density at radius 1 is 1.06 bits per heavy atom. The average molecular weight is 589 g/mol. The summed E-state index contributed by atoms with van der Waals surface area (Å²) in [4.78, 5) is 12.5. The fraction of sp³-hybridized carbons (Fsp3) is 0.154. The fourth-order valence-electron chi connectivity index (χ4n) is 3.04. The summed E-state index contributed by atoms with van der Waals surface area (Å²) < 4.78 is 17.6. The third kappa shape index (κ3) is 6.89. The molecule has 174 valence electrons. The van der Waals surface area contributed by atoms with Crippen LogP contribution in [0.2, 0.25) is 5.02 Å². The summed E-state index contributed by atoms with van der Waals surface area (Å²) in [5.74, 6) is 1.03. The van der Waals surface area contributed by atoms with E-state index in [1.807, 2.05) is 42.5 Å². The number of amides is 1. The van der Waals surface area contributed by atoms with Gasteiger partial charge in [-0.1, -0.05) is 35.9 Å². The molecular formula is C26H22ClIN2O4. The number of methoxy groups -OCH3 is 2. The number of hydrogen-bond donors (Lipinski definition) is 1. The van der Waals surface area contributed by atoms with Crippen molar-refractivity contribution in [3.63, 3.8) is 0 Å². The van der Waals surface area contributed by atoms with Crippen LogP contribution in [0.3, 0.4) is 0 Å². The third-order valence-corrected chi connectivity index (χ3v) is 5.84. The van der Waals surface area contributed by atoms with E-state index in [2.05, 4.69) is 27.9 Å². The monoisotopic (exact) mass is 588 g/mol. The van der Waals surface area contributed by atoms with Crippen molar-refractivity contribution in [1.82, 2.24) is 5.32 Å². The summed E-state index contributed by atoms with van der Waals surface area (Å²) in [6.07, 6.45) is 1.46. The fourth-order valence-corrected chi connectivity index (χ4v) is 3.67. The smallest absolute Gasteiger partial charge is 0.262 e. The van der Waals surface area contributed by atoms with E-state index in [1.165, 1.54) is 13.2 Å². The molecule has 0 spiro atoms. The molecule has 0 aliphatic heterocycles. The van der Waals surface area contributed by atoms with E-state index in [1.54, 1.807) is 31.4 Å². The Hall–Kier alpha value is -3.22. The molecule has 3 aromatic rings. The number of carbonyl (C=O) groups is 1. The molecule has 0 aromatic heterocycles. The van der Waals surface area contributed by atoms with Crippen molar-refractivity contribution in [2.75, 3.05) is 14.2 Å². The second-order valence-electron chi connectivity index (χ2n) is 7.15. The first-order chi connectivity index (χ1) is 16.4. The number of carbonyl (C=O) groups excluding carboxylic acids is 1. The van der Waals surface area contributed by atoms with E-state index in [4.69, 9.17) is 25.8 Å². The van der Waals surface area contributed by atoms with Crippen LogP contribution in [0.5, 0.6) is 17.2 Å². The van der Waals surface area contributed by atoms with Crippen molar-refractivity contribution in [2.45, 2.75) is 13.2 Å². The van der Waals surface area contributed by atoms with Crippen molar-refractivity contribution in [2.24, 2.45) is 0 Å². The summed E-state index contributed by atoms with van der Waals surface area (Å²) in [6.45, 7) is 0.594. The topological polar surface area (TPSA) is 80.6 Å². The van der Waals surface area contributed by atoms with Gasteiger partial charge < -0.3 is 19.5 Å². The van der Waals surface area contributed by atoms with Crippen LogP contribution in [0.25, 0.3) is 6.08 Å². The van der Waals surface area contributed by atoms with Crippen LogP contribution in [0.15, 0.2) is 66.2 Å². The lowest BCUT2D eigenvalue weighted by molar-refractivity contribution is -0.117. The summed E-state index contributed by atoms with van der Waals surface area (Å²) in [5.41, 5.74) is 2.35. The lowest BCUT2D eigenvalue weighted by Crippen LogP contribution is -2.23. The van der Waals surface area contributed by atoms with Crippen molar-refractivity contribution in [3.8, 4) is 23.3 Å². The summed E-state index contributed by atoms with van der Waals surface area (Å²) in [6, 6.07) is 20.5. The van der Waals surface area contributed by atoms with Gasteiger partial charge in [-0.3, -0.25) is 4.79 Å². The van der Waals surface area contributed by atoms with Crippen molar-refractivity contribution in [1.29, 1.82) is 5.26 Å². The van der Waals surface area contributed by atoms with E-state index in [0.717, 1.165) is 20.4 Å². The minimum Gasteiger partial charge on any atom is -0.497 e. The first-order valence-corrected chi connectivity index (χ1v) is 11.7. The van der Waals surface area contributed by atoms with Gasteiger partial charge in [-0.2, -0.15) is 5.26 Å². The van der Waals surface area contributed by atoms with Gasteiger partial charge in [0.05, 0.1) is 19.2 Å². The number of nitriles is 1. The number of rotatable bonds is 9. The van der Waals surface area contributed by atoms with Crippen molar-refractivity contribution in [3.05, 3.63) is 91.5 Å². The normalized spacial score (nSPS) is 10.9. The number of ether oxygens (including phenoxy) is 3. The second-order valence-corrected chi connectivity index (χ2v) is 8.80. The van der Waals surface area contributed by atoms with E-state index in [0.29, 0.717) is 28.7 Å². The Morgan fingerprint density at radius 2 is 1.74 bits per heavy atom. The number of nitrogens with one attached hydrogen (secondary N) is 1. The Kier molecular flexibility index (Phi) is 9.19. The minimum absolute atomic E-state index is 0.0563. The minimum atomic E-state index is -0.493. The molecular weight excluding hydrogens is 567 g/mol. The summed E-state index contributed by atoms with van der Waals surface area (Å²) >= 11 is 8.69. The van der Waals surface area contributed by atoms with Gasteiger partial charge >= 0.3 is 0 Å². The molecule has 0 saturated heterocycles. The van der Waals surface area contributed by atoms with Crippen LogP contribution in [-0.4, -0.2) is 20.1 Å². The molecule has 0 heterocycles. The molecule has 6 nitrogen and oxygen atoms in total. The highest BCUT2D eigenvalue weighted by molar-refractivity contribution is 14.1. The highest BCUT2D eigenvalue weighted by atomic mass is 127. The lowest BCUT2D eigenvalue weighted by Gasteiger charge is -2.14. The molecule has 3 rings (SSSR count). The maximum Gasteiger partial charge on any atom is 0.262 e. The van der Waals surface area contributed by atoms with Gasteiger partial charge in [0.15, 0.2) is 11.5 Å². The number of nitrogens with zero attached hydrogens (tertiary/aromatic N) is 1. The molecule has 8 heteroatoms. The zero-order valence-electron chi connectivity index (χ0n) is 18.6. The molecule has 0 aliphatic carbocycles. The van der Waals surface area contributed by atoms with Crippen LogP contribution >= 0.6 is 34.2 Å². The van der Waals surface area contributed by atoms with Gasteiger partial charge in [0.2, 0.25) is 0 Å².